The first kappa shape index (κ1) is 21.4. The van der Waals surface area contributed by atoms with Crippen LogP contribution in [0.25, 0.3) is 0 Å². The van der Waals surface area contributed by atoms with Crippen LogP contribution in [0.1, 0.15) is 37.1 Å². The molecule has 0 aliphatic rings. The van der Waals surface area contributed by atoms with Gasteiger partial charge in [-0.2, -0.15) is 0 Å². The lowest BCUT2D eigenvalue weighted by Crippen LogP contribution is -2.50. The molecule has 0 radical (unpaired) electrons. The van der Waals surface area contributed by atoms with Crippen LogP contribution < -0.4 is 0 Å². The highest BCUT2D eigenvalue weighted by atomic mass is 19.1. The highest BCUT2D eigenvalue weighted by molar-refractivity contribution is 5.79. The fraction of sp³-hybridized carbons (Fsp3) is 0.450. The number of aromatic nitrogens is 2. The number of halogens is 1. The molecule has 2 N–H and O–H groups in total. The van der Waals surface area contributed by atoms with E-state index in [4.69, 9.17) is 0 Å². The number of aliphatic carboxylic acids is 1. The van der Waals surface area contributed by atoms with E-state index in [2.05, 4.69) is 4.98 Å². The zero-order chi connectivity index (χ0) is 20.8. The molecule has 2 atom stereocenters. The molecule has 1 aromatic heterocycles. The van der Waals surface area contributed by atoms with Crippen molar-refractivity contribution in [2.45, 2.75) is 52.5 Å². The predicted octanol–water partition coefficient (Wildman–Crippen LogP) is 3.56. The van der Waals surface area contributed by atoms with E-state index in [1.54, 1.807) is 24.7 Å². The number of carboxylic acids is 1. The number of hydrogen-bond acceptors (Lipinski definition) is 3. The maximum Gasteiger partial charge on any atom is 0.410 e. The van der Waals surface area contributed by atoms with Crippen LogP contribution in [0.5, 0.6) is 0 Å². The van der Waals surface area contributed by atoms with Gasteiger partial charge in [0.1, 0.15) is 6.04 Å². The quantitative estimate of drug-likeness (QED) is 0.637. The summed E-state index contributed by atoms with van der Waals surface area (Å²) in [7, 11) is 0. The summed E-state index contributed by atoms with van der Waals surface area (Å²) in [6.45, 7) is 5.97. The van der Waals surface area contributed by atoms with Crippen molar-refractivity contribution in [3.63, 3.8) is 0 Å². The van der Waals surface area contributed by atoms with Crippen LogP contribution in [-0.2, 0) is 17.8 Å². The standard InChI is InChI=1S/C20H26FN3O4/c1-13(2)7-17(19(25)26)24(20(27)28)18(21)9-16-10-22-12-23(16)11-15-6-4-5-14(3)8-15/h4-6,8,10,12-13,17-18H,7,9,11H2,1-3H3,(H,25,26)(H,27,28). The lowest BCUT2D eigenvalue weighted by atomic mass is 10.0. The first-order chi connectivity index (χ1) is 13.2. The average Bonchev–Trinajstić information content (AvgIpc) is 3.00. The second kappa shape index (κ2) is 9.34. The van der Waals surface area contributed by atoms with E-state index in [0.717, 1.165) is 11.1 Å². The van der Waals surface area contributed by atoms with Crippen LogP contribution in [0.4, 0.5) is 9.18 Å². The molecule has 7 nitrogen and oxygen atoms in total. The minimum absolute atomic E-state index is 0.0323. The summed E-state index contributed by atoms with van der Waals surface area (Å²) < 4.78 is 16.7. The SMILES string of the molecule is Cc1cccc(Cn2cncc2CC(F)N(C(=O)O)C(CC(C)C)C(=O)O)c1. The van der Waals surface area contributed by atoms with Gasteiger partial charge in [-0.05, 0) is 24.8 Å². The molecule has 8 heteroatoms. The van der Waals surface area contributed by atoms with Crippen molar-refractivity contribution in [3.8, 4) is 0 Å². The van der Waals surface area contributed by atoms with Crippen LogP contribution in [-0.4, -0.2) is 49.1 Å². The average molecular weight is 391 g/mol. The van der Waals surface area contributed by atoms with Gasteiger partial charge in [0.2, 0.25) is 0 Å². The van der Waals surface area contributed by atoms with Crippen molar-refractivity contribution < 1.29 is 24.2 Å². The first-order valence-corrected chi connectivity index (χ1v) is 9.11. The van der Waals surface area contributed by atoms with Gasteiger partial charge in [-0.25, -0.2) is 19.0 Å². The Morgan fingerprint density at radius 1 is 1.29 bits per heavy atom. The molecule has 0 aliphatic heterocycles. The van der Waals surface area contributed by atoms with Crippen molar-refractivity contribution in [2.75, 3.05) is 0 Å². The summed E-state index contributed by atoms with van der Waals surface area (Å²) in [5.41, 5.74) is 2.60. The van der Waals surface area contributed by atoms with Crippen molar-refractivity contribution in [1.82, 2.24) is 14.5 Å². The number of alkyl halides is 1. The number of carboxylic acid groups (broad SMARTS) is 2. The molecule has 0 saturated carbocycles. The van der Waals surface area contributed by atoms with Gasteiger partial charge in [-0.15, -0.1) is 0 Å². The molecule has 2 unspecified atom stereocenters. The second-order valence-electron chi connectivity index (χ2n) is 7.31. The Hall–Kier alpha value is -2.90. The third-order valence-electron chi connectivity index (χ3n) is 4.45. The maximum atomic E-state index is 15.0. The molecule has 0 bridgehead atoms. The summed E-state index contributed by atoms with van der Waals surface area (Å²) in [4.78, 5) is 27.6. The Bertz CT molecular complexity index is 821. The Kier molecular flexibility index (Phi) is 7.14. The lowest BCUT2D eigenvalue weighted by Gasteiger charge is -2.30. The van der Waals surface area contributed by atoms with Gasteiger partial charge in [0.25, 0.3) is 0 Å². The largest absolute Gasteiger partial charge is 0.480 e. The normalized spacial score (nSPS) is 13.3. The van der Waals surface area contributed by atoms with Crippen LogP contribution in [0, 0.1) is 12.8 Å². The third-order valence-corrected chi connectivity index (χ3v) is 4.45. The minimum atomic E-state index is -2.00. The molecule has 2 aromatic rings. The molecule has 2 rings (SSSR count). The number of imidazole rings is 1. The van der Waals surface area contributed by atoms with Crippen molar-refractivity contribution in [1.29, 1.82) is 0 Å². The van der Waals surface area contributed by atoms with E-state index in [1.165, 1.54) is 6.20 Å². The van der Waals surface area contributed by atoms with E-state index in [9.17, 15) is 24.2 Å². The third kappa shape index (κ3) is 5.55. The van der Waals surface area contributed by atoms with Gasteiger partial charge < -0.3 is 14.8 Å². The molecule has 28 heavy (non-hydrogen) atoms. The number of rotatable bonds is 9. The van der Waals surface area contributed by atoms with Gasteiger partial charge in [0.05, 0.1) is 6.33 Å². The molecular formula is C20H26FN3O4. The highest BCUT2D eigenvalue weighted by Gasteiger charge is 2.36. The van der Waals surface area contributed by atoms with E-state index < -0.39 is 24.4 Å². The molecular weight excluding hydrogens is 365 g/mol. The topological polar surface area (TPSA) is 95.7 Å². The fourth-order valence-electron chi connectivity index (χ4n) is 3.17. The Morgan fingerprint density at radius 2 is 2.00 bits per heavy atom. The minimum Gasteiger partial charge on any atom is -0.480 e. The summed E-state index contributed by atoms with van der Waals surface area (Å²) >= 11 is 0. The first-order valence-electron chi connectivity index (χ1n) is 9.11. The smallest absolute Gasteiger partial charge is 0.410 e. The molecule has 0 aliphatic carbocycles. The molecule has 0 spiro atoms. The number of nitrogens with zero attached hydrogens (tertiary/aromatic N) is 3. The summed E-state index contributed by atoms with van der Waals surface area (Å²) in [6, 6.07) is 6.40. The van der Waals surface area contributed by atoms with E-state index >= 15 is 0 Å². The van der Waals surface area contributed by atoms with Gasteiger partial charge in [-0.3, -0.25) is 4.90 Å². The van der Waals surface area contributed by atoms with E-state index in [1.807, 2.05) is 31.2 Å². The number of benzene rings is 1. The summed E-state index contributed by atoms with van der Waals surface area (Å²) in [6.07, 6.45) is -0.806. The van der Waals surface area contributed by atoms with Crippen LogP contribution >= 0.6 is 0 Å². The van der Waals surface area contributed by atoms with Crippen LogP contribution in [0.3, 0.4) is 0 Å². The molecule has 1 heterocycles. The molecule has 1 aromatic carbocycles. The van der Waals surface area contributed by atoms with Crippen LogP contribution in [0.2, 0.25) is 0 Å². The zero-order valence-electron chi connectivity index (χ0n) is 16.2. The molecule has 152 valence electrons. The zero-order valence-corrected chi connectivity index (χ0v) is 16.2. The second-order valence-corrected chi connectivity index (χ2v) is 7.31. The van der Waals surface area contributed by atoms with Crippen molar-refractivity contribution in [3.05, 3.63) is 53.6 Å². The van der Waals surface area contributed by atoms with Gasteiger partial charge >= 0.3 is 12.1 Å². The molecule has 0 fully saturated rings. The van der Waals surface area contributed by atoms with E-state index in [0.29, 0.717) is 17.1 Å². The molecule has 1 amide bonds. The number of aryl methyl sites for hydroxylation is 1. The Morgan fingerprint density at radius 3 is 2.57 bits per heavy atom. The van der Waals surface area contributed by atoms with Crippen molar-refractivity contribution in [2.24, 2.45) is 5.92 Å². The fourth-order valence-corrected chi connectivity index (χ4v) is 3.17. The number of carbonyl (C=O) groups is 2. The Labute approximate surface area is 163 Å². The lowest BCUT2D eigenvalue weighted by molar-refractivity contribution is -0.145. The van der Waals surface area contributed by atoms with Gasteiger partial charge in [0, 0.05) is 24.9 Å². The summed E-state index contributed by atoms with van der Waals surface area (Å²) in [5.74, 6) is -1.45. The maximum absolute atomic E-state index is 15.0. The van der Waals surface area contributed by atoms with Crippen LogP contribution in [0.15, 0.2) is 36.8 Å². The number of amides is 1. The Balaban J connectivity index is 2.20. The highest BCUT2D eigenvalue weighted by Crippen LogP contribution is 2.20. The van der Waals surface area contributed by atoms with Gasteiger partial charge in [0.15, 0.2) is 6.30 Å². The monoisotopic (exact) mass is 391 g/mol. The summed E-state index contributed by atoms with van der Waals surface area (Å²) in [5, 5.41) is 18.8. The number of hydrogen-bond donors (Lipinski definition) is 2. The van der Waals surface area contributed by atoms with E-state index in [-0.39, 0.29) is 18.8 Å². The van der Waals surface area contributed by atoms with Crippen molar-refractivity contribution >= 4 is 12.1 Å². The van der Waals surface area contributed by atoms with Gasteiger partial charge in [-0.1, -0.05) is 43.7 Å². The molecule has 0 saturated heterocycles. The predicted molar refractivity (Wildman–Crippen MR) is 102 cm³/mol.